The van der Waals surface area contributed by atoms with E-state index in [0.717, 1.165) is 26.1 Å². The minimum absolute atomic E-state index is 0.273. The molecular weight excluding hydrogens is 256 g/mol. The van der Waals surface area contributed by atoms with E-state index in [9.17, 15) is 0 Å². The van der Waals surface area contributed by atoms with Crippen LogP contribution in [0.2, 0.25) is 0 Å². The first-order valence-corrected chi connectivity index (χ1v) is 8.54. The van der Waals surface area contributed by atoms with Crippen LogP contribution in [0.1, 0.15) is 52.2 Å². The second-order valence-corrected chi connectivity index (χ2v) is 7.13. The van der Waals surface area contributed by atoms with Gasteiger partial charge in [-0.1, -0.05) is 52.0 Å². The Hall–Kier alpha value is -0.860. The van der Waals surface area contributed by atoms with Gasteiger partial charge in [0, 0.05) is 31.2 Å². The Morgan fingerprint density at radius 2 is 1.81 bits per heavy atom. The van der Waals surface area contributed by atoms with Gasteiger partial charge in [0.05, 0.1) is 0 Å². The molecular formula is C19H32N2. The van der Waals surface area contributed by atoms with E-state index in [1.54, 1.807) is 0 Å². The van der Waals surface area contributed by atoms with Gasteiger partial charge < -0.3 is 5.32 Å². The summed E-state index contributed by atoms with van der Waals surface area (Å²) in [4.78, 5) is 2.69. The van der Waals surface area contributed by atoms with Crippen molar-refractivity contribution in [2.24, 2.45) is 5.92 Å². The van der Waals surface area contributed by atoms with Crippen molar-refractivity contribution in [3.63, 3.8) is 0 Å². The van der Waals surface area contributed by atoms with E-state index in [1.807, 2.05) is 0 Å². The van der Waals surface area contributed by atoms with Crippen molar-refractivity contribution in [2.45, 2.75) is 65.6 Å². The third-order valence-corrected chi connectivity index (χ3v) is 5.30. The average Bonchev–Trinajstić information content (AvgIpc) is 2.50. The maximum atomic E-state index is 3.75. The monoisotopic (exact) mass is 288 g/mol. The maximum absolute atomic E-state index is 3.75. The van der Waals surface area contributed by atoms with Gasteiger partial charge in [-0.05, 0) is 36.8 Å². The summed E-state index contributed by atoms with van der Waals surface area (Å²) in [6, 6.07) is 9.78. The maximum Gasteiger partial charge on any atom is 0.0307 e. The Balaban J connectivity index is 2.11. The van der Waals surface area contributed by atoms with Gasteiger partial charge in [-0.2, -0.15) is 0 Å². The largest absolute Gasteiger partial charge is 0.311 e. The van der Waals surface area contributed by atoms with Crippen LogP contribution in [0.25, 0.3) is 0 Å². The Bertz CT molecular complexity index is 437. The smallest absolute Gasteiger partial charge is 0.0307 e. The fourth-order valence-corrected chi connectivity index (χ4v) is 3.14. The van der Waals surface area contributed by atoms with Crippen LogP contribution < -0.4 is 5.32 Å². The zero-order chi connectivity index (χ0) is 15.5. The molecule has 0 bridgehead atoms. The van der Waals surface area contributed by atoms with Crippen LogP contribution in [0, 0.1) is 5.92 Å². The van der Waals surface area contributed by atoms with Crippen LogP contribution in [0.15, 0.2) is 24.3 Å². The molecule has 0 aromatic heterocycles. The number of piperazine rings is 1. The molecule has 2 unspecified atom stereocenters. The molecule has 1 saturated heterocycles. The summed E-state index contributed by atoms with van der Waals surface area (Å²) in [5.41, 5.74) is 3.14. The third-order valence-electron chi connectivity index (χ3n) is 5.30. The number of aryl methyl sites for hydroxylation is 1. The molecule has 21 heavy (non-hydrogen) atoms. The van der Waals surface area contributed by atoms with Crippen LogP contribution in [0.4, 0.5) is 0 Å². The molecule has 1 aliphatic rings. The molecule has 2 heteroatoms. The first-order valence-electron chi connectivity index (χ1n) is 8.54. The summed E-state index contributed by atoms with van der Waals surface area (Å²) in [6.45, 7) is 14.9. The number of nitrogens with one attached hydrogen (secondary N) is 1. The summed E-state index contributed by atoms with van der Waals surface area (Å²) >= 11 is 0. The summed E-state index contributed by atoms with van der Waals surface area (Å²) in [7, 11) is 0. The number of hydrogen-bond donors (Lipinski definition) is 1. The number of hydrogen-bond acceptors (Lipinski definition) is 2. The third kappa shape index (κ3) is 3.87. The highest BCUT2D eigenvalue weighted by atomic mass is 15.3. The number of nitrogens with zero attached hydrogens (tertiary/aromatic N) is 1. The molecule has 1 heterocycles. The first-order chi connectivity index (χ1) is 9.98. The second-order valence-electron chi connectivity index (χ2n) is 7.13. The van der Waals surface area contributed by atoms with Gasteiger partial charge in [0.25, 0.3) is 0 Å². The van der Waals surface area contributed by atoms with E-state index in [1.165, 1.54) is 17.5 Å². The highest BCUT2D eigenvalue weighted by molar-refractivity contribution is 5.22. The van der Waals surface area contributed by atoms with Gasteiger partial charge in [0.1, 0.15) is 0 Å². The van der Waals surface area contributed by atoms with Gasteiger partial charge in [0.2, 0.25) is 0 Å². The lowest BCUT2D eigenvalue weighted by molar-refractivity contribution is 0.0317. The number of benzene rings is 1. The molecule has 0 saturated carbocycles. The minimum atomic E-state index is 0.273. The Morgan fingerprint density at radius 1 is 1.19 bits per heavy atom. The molecule has 0 spiro atoms. The molecule has 1 N–H and O–H groups in total. The molecule has 2 rings (SSSR count). The highest BCUT2D eigenvalue weighted by Crippen LogP contribution is 2.27. The molecule has 0 amide bonds. The zero-order valence-corrected chi connectivity index (χ0v) is 14.4. The lowest BCUT2D eigenvalue weighted by Crippen LogP contribution is -2.63. The van der Waals surface area contributed by atoms with Crippen molar-refractivity contribution in [3.05, 3.63) is 35.4 Å². The van der Waals surface area contributed by atoms with Gasteiger partial charge >= 0.3 is 0 Å². The van der Waals surface area contributed by atoms with E-state index >= 15 is 0 Å². The lowest BCUT2D eigenvalue weighted by Gasteiger charge is -2.49. The van der Waals surface area contributed by atoms with Gasteiger partial charge in [-0.3, -0.25) is 4.90 Å². The Morgan fingerprint density at radius 3 is 2.33 bits per heavy atom. The van der Waals surface area contributed by atoms with Crippen LogP contribution >= 0.6 is 0 Å². The highest BCUT2D eigenvalue weighted by Gasteiger charge is 2.36. The molecule has 1 fully saturated rings. The SMILES string of the molecule is CCc1ccc(CN2CC(C(C)C)NCC2(C)CC)cc1. The average molecular weight is 288 g/mol. The van der Waals surface area contributed by atoms with Crippen molar-refractivity contribution in [2.75, 3.05) is 13.1 Å². The van der Waals surface area contributed by atoms with Crippen molar-refractivity contribution in [1.82, 2.24) is 10.2 Å². The molecule has 0 radical (unpaired) electrons. The molecule has 1 aromatic carbocycles. The fourth-order valence-electron chi connectivity index (χ4n) is 3.14. The molecule has 0 aliphatic carbocycles. The normalized spacial score (nSPS) is 27.2. The van der Waals surface area contributed by atoms with Gasteiger partial charge in [0.15, 0.2) is 0 Å². The predicted octanol–water partition coefficient (Wildman–Crippen LogP) is 3.85. The first kappa shape index (κ1) is 16.5. The number of rotatable bonds is 5. The Kier molecular flexibility index (Phi) is 5.45. The molecule has 1 aromatic rings. The van der Waals surface area contributed by atoms with Gasteiger partial charge in [-0.15, -0.1) is 0 Å². The van der Waals surface area contributed by atoms with Crippen LogP contribution in [-0.2, 0) is 13.0 Å². The van der Waals surface area contributed by atoms with Crippen molar-refractivity contribution in [3.8, 4) is 0 Å². The quantitative estimate of drug-likeness (QED) is 0.885. The van der Waals surface area contributed by atoms with Gasteiger partial charge in [-0.25, -0.2) is 0 Å². The van der Waals surface area contributed by atoms with Crippen LogP contribution in [0.3, 0.4) is 0 Å². The standard InChI is InChI=1S/C19H32N2/c1-6-16-8-10-17(11-9-16)12-21-13-18(15(3)4)20-14-19(21,5)7-2/h8-11,15,18,20H,6-7,12-14H2,1-5H3. The van der Waals surface area contributed by atoms with E-state index in [2.05, 4.69) is 69.1 Å². The van der Waals surface area contributed by atoms with E-state index < -0.39 is 0 Å². The topological polar surface area (TPSA) is 15.3 Å². The summed E-state index contributed by atoms with van der Waals surface area (Å²) in [6.07, 6.45) is 2.31. The van der Waals surface area contributed by atoms with Crippen LogP contribution in [-0.4, -0.2) is 29.6 Å². The van der Waals surface area contributed by atoms with Crippen LogP contribution in [0.5, 0.6) is 0 Å². The van der Waals surface area contributed by atoms with Crippen molar-refractivity contribution >= 4 is 0 Å². The predicted molar refractivity (Wildman–Crippen MR) is 91.6 cm³/mol. The van der Waals surface area contributed by atoms with E-state index in [4.69, 9.17) is 0 Å². The fraction of sp³-hybridized carbons (Fsp3) is 0.684. The minimum Gasteiger partial charge on any atom is -0.311 e. The lowest BCUT2D eigenvalue weighted by atomic mass is 9.88. The molecule has 1 aliphatic heterocycles. The van der Waals surface area contributed by atoms with Crippen molar-refractivity contribution in [1.29, 1.82) is 0 Å². The van der Waals surface area contributed by atoms with E-state index in [-0.39, 0.29) is 5.54 Å². The molecule has 2 nitrogen and oxygen atoms in total. The zero-order valence-electron chi connectivity index (χ0n) is 14.4. The van der Waals surface area contributed by atoms with Crippen molar-refractivity contribution < 1.29 is 0 Å². The summed E-state index contributed by atoms with van der Waals surface area (Å²) < 4.78 is 0. The van der Waals surface area contributed by atoms with E-state index in [0.29, 0.717) is 12.0 Å². The molecule has 118 valence electrons. The summed E-state index contributed by atoms with van der Waals surface area (Å²) in [5.74, 6) is 0.691. The summed E-state index contributed by atoms with van der Waals surface area (Å²) in [5, 5.41) is 3.75. The second kappa shape index (κ2) is 6.93. The Labute approximate surface area is 130 Å². The molecule has 2 atom stereocenters.